The smallest absolute Gasteiger partial charge is 0.264 e. The van der Waals surface area contributed by atoms with Crippen LogP contribution in [0.15, 0.2) is 194 Å². The Morgan fingerprint density at radius 3 is 1.77 bits per heavy atom. The summed E-state index contributed by atoms with van der Waals surface area (Å²) in [7, 11) is 0. The van der Waals surface area contributed by atoms with E-state index in [2.05, 4.69) is 225 Å². The number of fused-ring (bicyclic) bond motifs is 16. The van der Waals surface area contributed by atoms with Gasteiger partial charge in [0.15, 0.2) is 0 Å². The van der Waals surface area contributed by atoms with Gasteiger partial charge in [-0.15, -0.1) is 11.3 Å². The molecule has 0 bridgehead atoms. The first-order chi connectivity index (χ1) is 31.5. The van der Waals surface area contributed by atoms with Crippen molar-refractivity contribution in [3.63, 3.8) is 0 Å². The largest absolute Gasteiger partial charge is 0.311 e. The highest BCUT2D eigenvalue weighted by molar-refractivity contribution is 7.33. The minimum Gasteiger partial charge on any atom is -0.311 e. The molecule has 0 N–H and O–H groups in total. The second-order valence-electron chi connectivity index (χ2n) is 18.2. The van der Waals surface area contributed by atoms with Crippen LogP contribution in [-0.4, -0.2) is 6.71 Å². The number of thiophene rings is 1. The molecule has 10 aromatic rings. The van der Waals surface area contributed by atoms with Gasteiger partial charge in [0, 0.05) is 43.3 Å². The third kappa shape index (κ3) is 4.71. The predicted molar refractivity (Wildman–Crippen MR) is 272 cm³/mol. The van der Waals surface area contributed by atoms with Gasteiger partial charge in [0.1, 0.15) is 0 Å². The Morgan fingerprint density at radius 2 is 1.03 bits per heavy atom. The van der Waals surface area contributed by atoms with E-state index >= 15 is 0 Å². The number of aryl methyl sites for hydroxylation is 3. The first-order valence-corrected chi connectivity index (χ1v) is 23.3. The predicted octanol–water partition coefficient (Wildman–Crippen LogP) is 13.9. The number of hydrogen-bond donors (Lipinski definition) is 0. The summed E-state index contributed by atoms with van der Waals surface area (Å²) in [6.07, 6.45) is 0. The van der Waals surface area contributed by atoms with Crippen molar-refractivity contribution in [2.24, 2.45) is 0 Å². The Bertz CT molecular complexity index is 3560. The Morgan fingerprint density at radius 1 is 0.422 bits per heavy atom. The number of hydrogen-bond acceptors (Lipinski definition) is 3. The van der Waals surface area contributed by atoms with Crippen LogP contribution >= 0.6 is 11.3 Å². The number of benzene rings is 9. The number of anilines is 6. The molecule has 9 aromatic carbocycles. The molecule has 2 nitrogen and oxygen atoms in total. The lowest BCUT2D eigenvalue weighted by Gasteiger charge is -2.43. The van der Waals surface area contributed by atoms with Crippen molar-refractivity contribution in [1.82, 2.24) is 0 Å². The van der Waals surface area contributed by atoms with E-state index < -0.39 is 5.41 Å². The molecule has 0 saturated carbocycles. The molecule has 0 fully saturated rings. The zero-order valence-electron chi connectivity index (χ0n) is 35.9. The summed E-state index contributed by atoms with van der Waals surface area (Å²) in [4.78, 5) is 5.14. The molecule has 1 spiro atoms. The maximum absolute atomic E-state index is 2.61. The van der Waals surface area contributed by atoms with Crippen LogP contribution in [0.5, 0.6) is 0 Å². The summed E-state index contributed by atoms with van der Waals surface area (Å²) >= 11 is 2.00. The highest BCUT2D eigenvalue weighted by Gasteiger charge is 2.53. The van der Waals surface area contributed by atoms with E-state index in [-0.39, 0.29) is 6.71 Å². The van der Waals surface area contributed by atoms with Gasteiger partial charge in [-0.2, -0.15) is 0 Å². The summed E-state index contributed by atoms with van der Waals surface area (Å²) in [5, 5.41) is 1.31. The fourth-order valence-corrected chi connectivity index (χ4v) is 13.3. The minimum atomic E-state index is -0.409. The fourth-order valence-electron chi connectivity index (χ4n) is 12.0. The van der Waals surface area contributed by atoms with Crippen molar-refractivity contribution < 1.29 is 0 Å². The molecule has 3 heterocycles. The number of para-hydroxylation sites is 1. The van der Waals surface area contributed by atoms with Crippen LogP contribution in [0.2, 0.25) is 0 Å². The van der Waals surface area contributed by atoms with Crippen LogP contribution in [0.25, 0.3) is 43.5 Å². The first kappa shape index (κ1) is 36.1. The van der Waals surface area contributed by atoms with E-state index in [0.29, 0.717) is 0 Å². The molecule has 1 aromatic heterocycles. The lowest BCUT2D eigenvalue weighted by atomic mass is 9.36. The van der Waals surface area contributed by atoms with Crippen LogP contribution in [0.3, 0.4) is 0 Å². The molecular weight excluding hydrogens is 792 g/mol. The molecule has 0 unspecified atom stereocenters. The molecule has 2 aliphatic carbocycles. The van der Waals surface area contributed by atoms with Gasteiger partial charge in [-0.25, -0.2) is 0 Å². The second kappa shape index (κ2) is 13.1. The lowest BCUT2D eigenvalue weighted by Crippen LogP contribution is -2.60. The van der Waals surface area contributed by atoms with Crippen LogP contribution < -0.4 is 25.5 Å². The molecule has 0 radical (unpaired) electrons. The Labute approximate surface area is 378 Å². The van der Waals surface area contributed by atoms with Crippen molar-refractivity contribution >= 4 is 78.0 Å². The van der Waals surface area contributed by atoms with Gasteiger partial charge < -0.3 is 9.80 Å². The van der Waals surface area contributed by atoms with E-state index in [0.717, 1.165) is 5.69 Å². The molecule has 0 amide bonds. The van der Waals surface area contributed by atoms with Gasteiger partial charge in [0.05, 0.1) is 11.1 Å². The zero-order valence-corrected chi connectivity index (χ0v) is 36.7. The molecule has 4 heteroatoms. The third-order valence-corrected chi connectivity index (χ3v) is 15.8. The monoisotopic (exact) mass is 832 g/mol. The van der Waals surface area contributed by atoms with Crippen molar-refractivity contribution in [2.75, 3.05) is 9.80 Å². The first-order valence-electron chi connectivity index (χ1n) is 22.4. The highest BCUT2D eigenvalue weighted by atomic mass is 32.1. The van der Waals surface area contributed by atoms with E-state index in [4.69, 9.17) is 0 Å². The average molecular weight is 833 g/mol. The summed E-state index contributed by atoms with van der Waals surface area (Å²) in [6.45, 7) is 6.73. The zero-order chi connectivity index (χ0) is 42.4. The number of nitrogens with zero attached hydrogens (tertiary/aromatic N) is 2. The van der Waals surface area contributed by atoms with Gasteiger partial charge in [-0.3, -0.25) is 0 Å². The molecular formula is C60H41BN2S. The van der Waals surface area contributed by atoms with Crippen molar-refractivity contribution in [1.29, 1.82) is 0 Å². The van der Waals surface area contributed by atoms with Gasteiger partial charge >= 0.3 is 0 Å². The topological polar surface area (TPSA) is 6.48 Å². The van der Waals surface area contributed by atoms with Gasteiger partial charge in [0.25, 0.3) is 6.71 Å². The van der Waals surface area contributed by atoms with E-state index in [9.17, 15) is 0 Å². The summed E-state index contributed by atoms with van der Waals surface area (Å²) in [5.41, 5.74) is 26.8. The standard InChI is InChI=1S/C60H41BN2S/c1-36-22-26-42(27-23-36)63-55-32-38(3)31-54-57(55)61(52-29-25-40(39-14-6-4-7-15-39)33-53(52)62(54)41-16-8-5-9-17-41)59-58(63)47-34-46-45-28-24-37(2)30-50(45)60(51(46)35-56(47)64-59)48-20-12-10-18-43(48)44-19-11-13-21-49(44)60/h4-35H,1-3H3. The van der Waals surface area contributed by atoms with Crippen LogP contribution in [0.4, 0.5) is 34.1 Å². The minimum absolute atomic E-state index is 0.0335. The molecule has 0 atom stereocenters. The molecule has 2 aliphatic heterocycles. The quantitative estimate of drug-likeness (QED) is 0.164. The fraction of sp³-hybridized carbons (Fsp3) is 0.0667. The molecule has 14 rings (SSSR count). The van der Waals surface area contributed by atoms with Crippen LogP contribution in [0, 0.1) is 20.8 Å². The van der Waals surface area contributed by atoms with Crippen molar-refractivity contribution in [3.8, 4) is 33.4 Å². The highest BCUT2D eigenvalue weighted by Crippen LogP contribution is 2.64. The van der Waals surface area contributed by atoms with Crippen molar-refractivity contribution in [2.45, 2.75) is 26.2 Å². The SMILES string of the molecule is Cc1ccc(N2c3cc(C)cc4c3B(c3ccc(-c5ccccc5)cc3N4c3ccccc3)c3sc4cc5c(cc4c32)-c2ccc(C)cc2C52c3ccccc3-c3ccccc32)cc1. The Hall–Kier alpha value is -7.40. The van der Waals surface area contributed by atoms with E-state index in [1.165, 1.54) is 127 Å². The maximum atomic E-state index is 2.61. The lowest BCUT2D eigenvalue weighted by molar-refractivity contribution is 0.794. The summed E-state index contributed by atoms with van der Waals surface area (Å²) < 4.78 is 2.72. The van der Waals surface area contributed by atoms with Crippen LogP contribution in [0.1, 0.15) is 38.9 Å². The van der Waals surface area contributed by atoms with Crippen LogP contribution in [-0.2, 0) is 5.41 Å². The summed E-state index contributed by atoms with van der Waals surface area (Å²) in [6, 6.07) is 73.8. The normalized spacial score (nSPS) is 14.2. The van der Waals surface area contributed by atoms with E-state index in [1.54, 1.807) is 0 Å². The van der Waals surface area contributed by atoms with Gasteiger partial charge in [-0.1, -0.05) is 151 Å². The summed E-state index contributed by atoms with van der Waals surface area (Å²) in [5.74, 6) is 0. The van der Waals surface area contributed by atoms with E-state index in [1.807, 2.05) is 11.3 Å². The molecule has 0 saturated heterocycles. The third-order valence-electron chi connectivity index (χ3n) is 14.6. The second-order valence-corrected chi connectivity index (χ2v) is 19.3. The van der Waals surface area contributed by atoms with Gasteiger partial charge in [-0.05, 0) is 147 Å². The maximum Gasteiger partial charge on any atom is 0.264 e. The van der Waals surface area contributed by atoms with Gasteiger partial charge in [0.2, 0.25) is 0 Å². The molecule has 4 aliphatic rings. The molecule has 300 valence electrons. The Balaban J connectivity index is 1.10. The Kier molecular flexibility index (Phi) is 7.38. The molecule has 64 heavy (non-hydrogen) atoms. The average Bonchev–Trinajstić information content (AvgIpc) is 3.94. The van der Waals surface area contributed by atoms with Crippen molar-refractivity contribution in [3.05, 3.63) is 233 Å². The number of rotatable bonds is 3.